The van der Waals surface area contributed by atoms with E-state index in [2.05, 4.69) is 4.90 Å². The summed E-state index contributed by atoms with van der Waals surface area (Å²) in [4.78, 5) is 29.2. The number of nitrogens with zero attached hydrogens (tertiary/aromatic N) is 2. The van der Waals surface area contributed by atoms with Crippen LogP contribution >= 0.6 is 0 Å². The molecule has 0 saturated carbocycles. The molecule has 152 valence electrons. The molecule has 29 heavy (non-hydrogen) atoms. The lowest BCUT2D eigenvalue weighted by atomic mass is 9.97. The minimum atomic E-state index is -0.431. The van der Waals surface area contributed by atoms with Crippen molar-refractivity contribution in [1.82, 2.24) is 4.90 Å². The first-order valence-electron chi connectivity index (χ1n) is 10.2. The van der Waals surface area contributed by atoms with Gasteiger partial charge in [0.05, 0.1) is 18.2 Å². The van der Waals surface area contributed by atoms with Crippen molar-refractivity contribution in [2.75, 3.05) is 18.1 Å². The molecule has 2 aliphatic heterocycles. The Kier molecular flexibility index (Phi) is 5.92. The van der Waals surface area contributed by atoms with Gasteiger partial charge in [-0.2, -0.15) is 0 Å². The predicted octanol–water partition coefficient (Wildman–Crippen LogP) is 3.35. The number of ether oxygens (including phenoxy) is 1. The number of rotatable bonds is 6. The average molecular weight is 394 g/mol. The molecule has 2 aliphatic rings. The molecule has 2 heterocycles. The minimum Gasteiger partial charge on any atom is -0.457 e. The number of benzene rings is 2. The standard InChI is InChI=1S/C23H26N2O4/c26-15-13-17-6-4-5-14-24(17)21-16-22(27)25(23(21)28)18-9-11-20(12-10-18)29-19-7-2-1-3-8-19/h1-3,7-12,17,21,26H,4-6,13-16H2. The summed E-state index contributed by atoms with van der Waals surface area (Å²) in [6, 6.07) is 16.2. The summed E-state index contributed by atoms with van der Waals surface area (Å²) in [5.41, 5.74) is 0.568. The van der Waals surface area contributed by atoms with Crippen molar-refractivity contribution in [3.05, 3.63) is 54.6 Å². The maximum absolute atomic E-state index is 13.1. The van der Waals surface area contributed by atoms with E-state index >= 15 is 0 Å². The predicted molar refractivity (Wildman–Crippen MR) is 110 cm³/mol. The zero-order valence-electron chi connectivity index (χ0n) is 16.4. The second-order valence-electron chi connectivity index (χ2n) is 7.60. The number of para-hydroxylation sites is 1. The van der Waals surface area contributed by atoms with Crippen LogP contribution < -0.4 is 9.64 Å². The zero-order chi connectivity index (χ0) is 20.2. The Morgan fingerprint density at radius 1 is 0.966 bits per heavy atom. The Morgan fingerprint density at radius 2 is 1.69 bits per heavy atom. The van der Waals surface area contributed by atoms with Crippen LogP contribution in [0.5, 0.6) is 11.5 Å². The third kappa shape index (κ3) is 4.18. The molecule has 4 rings (SSSR count). The molecular weight excluding hydrogens is 368 g/mol. The maximum atomic E-state index is 13.1. The number of hydrogen-bond acceptors (Lipinski definition) is 5. The van der Waals surface area contributed by atoms with Gasteiger partial charge in [-0.05, 0) is 62.2 Å². The zero-order valence-corrected chi connectivity index (χ0v) is 16.4. The van der Waals surface area contributed by atoms with E-state index in [4.69, 9.17) is 4.74 Å². The molecule has 2 amide bonds. The molecule has 0 aliphatic carbocycles. The van der Waals surface area contributed by atoms with Gasteiger partial charge in [-0.1, -0.05) is 24.6 Å². The van der Waals surface area contributed by atoms with E-state index in [9.17, 15) is 14.7 Å². The van der Waals surface area contributed by atoms with Crippen LogP contribution in [0.25, 0.3) is 0 Å². The van der Waals surface area contributed by atoms with Crippen molar-refractivity contribution >= 4 is 17.5 Å². The third-order valence-corrected chi connectivity index (χ3v) is 5.73. The van der Waals surface area contributed by atoms with Gasteiger partial charge < -0.3 is 9.84 Å². The number of anilines is 1. The van der Waals surface area contributed by atoms with Crippen LogP contribution in [-0.2, 0) is 9.59 Å². The van der Waals surface area contributed by atoms with Crippen LogP contribution in [0, 0.1) is 0 Å². The molecular formula is C23H26N2O4. The highest BCUT2D eigenvalue weighted by Gasteiger charge is 2.44. The molecule has 2 atom stereocenters. The molecule has 0 spiro atoms. The van der Waals surface area contributed by atoms with Gasteiger partial charge in [-0.15, -0.1) is 0 Å². The monoisotopic (exact) mass is 394 g/mol. The van der Waals surface area contributed by atoms with Gasteiger partial charge in [0.2, 0.25) is 5.91 Å². The number of amides is 2. The second kappa shape index (κ2) is 8.76. The molecule has 0 bridgehead atoms. The summed E-state index contributed by atoms with van der Waals surface area (Å²) >= 11 is 0. The van der Waals surface area contributed by atoms with Gasteiger partial charge in [0, 0.05) is 12.6 Å². The summed E-state index contributed by atoms with van der Waals surface area (Å²) in [5, 5.41) is 9.36. The lowest BCUT2D eigenvalue weighted by Crippen LogP contribution is -2.50. The first-order chi connectivity index (χ1) is 14.2. The lowest BCUT2D eigenvalue weighted by molar-refractivity contribution is -0.123. The maximum Gasteiger partial charge on any atom is 0.251 e. The van der Waals surface area contributed by atoms with E-state index in [1.54, 1.807) is 24.3 Å². The Balaban J connectivity index is 1.48. The number of aliphatic hydroxyl groups is 1. The van der Waals surface area contributed by atoms with Crippen LogP contribution in [0.1, 0.15) is 32.1 Å². The van der Waals surface area contributed by atoms with Crippen molar-refractivity contribution in [1.29, 1.82) is 0 Å². The molecule has 0 radical (unpaired) electrons. The van der Waals surface area contributed by atoms with E-state index in [-0.39, 0.29) is 30.9 Å². The van der Waals surface area contributed by atoms with Gasteiger partial charge in [-0.25, -0.2) is 4.90 Å². The van der Waals surface area contributed by atoms with Crippen LogP contribution in [0.15, 0.2) is 54.6 Å². The Morgan fingerprint density at radius 3 is 2.41 bits per heavy atom. The number of imide groups is 1. The number of carbonyl (C=O) groups excluding carboxylic acids is 2. The molecule has 6 nitrogen and oxygen atoms in total. The topological polar surface area (TPSA) is 70.1 Å². The molecule has 2 saturated heterocycles. The number of aliphatic hydroxyl groups excluding tert-OH is 1. The number of piperidine rings is 1. The van der Waals surface area contributed by atoms with Crippen LogP contribution in [0.4, 0.5) is 5.69 Å². The Hall–Kier alpha value is -2.70. The highest BCUT2D eigenvalue weighted by molar-refractivity contribution is 6.22. The van der Waals surface area contributed by atoms with E-state index in [1.165, 1.54) is 4.90 Å². The van der Waals surface area contributed by atoms with Crippen molar-refractivity contribution in [2.45, 2.75) is 44.2 Å². The molecule has 6 heteroatoms. The summed E-state index contributed by atoms with van der Waals surface area (Å²) in [7, 11) is 0. The van der Waals surface area contributed by atoms with E-state index in [1.807, 2.05) is 30.3 Å². The Bertz CT molecular complexity index is 851. The van der Waals surface area contributed by atoms with Crippen molar-refractivity contribution in [3.63, 3.8) is 0 Å². The lowest BCUT2D eigenvalue weighted by Gasteiger charge is -2.38. The molecule has 2 unspecified atom stereocenters. The third-order valence-electron chi connectivity index (χ3n) is 5.73. The quantitative estimate of drug-likeness (QED) is 0.761. The summed E-state index contributed by atoms with van der Waals surface area (Å²) in [6.45, 7) is 0.897. The van der Waals surface area contributed by atoms with E-state index in [0.717, 1.165) is 31.6 Å². The fourth-order valence-corrected chi connectivity index (χ4v) is 4.33. The number of carbonyl (C=O) groups is 2. The molecule has 2 aromatic carbocycles. The minimum absolute atomic E-state index is 0.0998. The molecule has 1 N–H and O–H groups in total. The van der Waals surface area contributed by atoms with Gasteiger partial charge in [0.15, 0.2) is 0 Å². The average Bonchev–Trinajstić information content (AvgIpc) is 3.04. The Labute approximate surface area is 170 Å². The van der Waals surface area contributed by atoms with Crippen LogP contribution in [0.3, 0.4) is 0 Å². The van der Waals surface area contributed by atoms with Gasteiger partial charge in [0.1, 0.15) is 11.5 Å². The van der Waals surface area contributed by atoms with Crippen LogP contribution in [-0.4, -0.2) is 47.1 Å². The summed E-state index contributed by atoms with van der Waals surface area (Å²) in [5.74, 6) is 1.03. The van der Waals surface area contributed by atoms with Crippen molar-refractivity contribution in [2.24, 2.45) is 0 Å². The fourth-order valence-electron chi connectivity index (χ4n) is 4.33. The molecule has 2 fully saturated rings. The normalized spacial score (nSPS) is 22.9. The summed E-state index contributed by atoms with van der Waals surface area (Å²) < 4.78 is 5.79. The first kappa shape index (κ1) is 19.6. The van der Waals surface area contributed by atoms with Crippen molar-refractivity contribution < 1.29 is 19.4 Å². The second-order valence-corrected chi connectivity index (χ2v) is 7.60. The smallest absolute Gasteiger partial charge is 0.251 e. The van der Waals surface area contributed by atoms with Gasteiger partial charge >= 0.3 is 0 Å². The first-order valence-corrected chi connectivity index (χ1v) is 10.2. The molecule has 2 aromatic rings. The highest BCUT2D eigenvalue weighted by Crippen LogP contribution is 2.32. The van der Waals surface area contributed by atoms with Gasteiger partial charge in [0.25, 0.3) is 5.91 Å². The van der Waals surface area contributed by atoms with Gasteiger partial charge in [-0.3, -0.25) is 14.5 Å². The summed E-state index contributed by atoms with van der Waals surface area (Å²) in [6.07, 6.45) is 3.92. The van der Waals surface area contributed by atoms with Crippen molar-refractivity contribution in [3.8, 4) is 11.5 Å². The highest BCUT2D eigenvalue weighted by atomic mass is 16.5. The number of hydrogen-bond donors (Lipinski definition) is 1. The van der Waals surface area contributed by atoms with E-state index in [0.29, 0.717) is 17.9 Å². The molecule has 0 aromatic heterocycles. The number of likely N-dealkylation sites (tertiary alicyclic amines) is 1. The van der Waals surface area contributed by atoms with Crippen LogP contribution in [0.2, 0.25) is 0 Å². The SMILES string of the molecule is O=C1CC(N2CCCCC2CCO)C(=O)N1c1ccc(Oc2ccccc2)cc1. The fraction of sp³-hybridized carbons (Fsp3) is 0.391. The van der Waals surface area contributed by atoms with E-state index < -0.39 is 6.04 Å². The largest absolute Gasteiger partial charge is 0.457 e.